The van der Waals surface area contributed by atoms with Crippen LogP contribution in [0.3, 0.4) is 0 Å². The average Bonchev–Trinajstić information content (AvgIpc) is 3.45. The lowest BCUT2D eigenvalue weighted by Crippen LogP contribution is -2.48. The SMILES string of the molecule is O=C(O)[C@H]1CCC[C@@H]1C(=O)c1cc(C2CC2)c(OCC23CC4CC(CC(C4)C2)C3)cc1F. The summed E-state index contributed by atoms with van der Waals surface area (Å²) in [6.45, 7) is 0.659. The van der Waals surface area contributed by atoms with Crippen molar-refractivity contribution in [1.29, 1.82) is 0 Å². The zero-order valence-electron chi connectivity index (χ0n) is 18.7. The Labute approximate surface area is 188 Å². The fourth-order valence-corrected chi connectivity index (χ4v) is 8.07. The second-order valence-corrected chi connectivity index (χ2v) is 11.7. The molecule has 4 bridgehead atoms. The van der Waals surface area contributed by atoms with E-state index >= 15 is 4.39 Å². The standard InChI is InChI=1S/C27H33FO4/c28-23-10-24(32-14-27-11-15-6-16(12-27)8-17(7-15)13-27)21(18-4-5-18)9-22(23)25(29)19-2-1-3-20(19)26(30)31/h9-10,15-20H,1-8,11-14H2,(H,30,31)/t15?,16?,17?,19-,20-,27?/m0/s1. The Morgan fingerprint density at radius 2 is 1.59 bits per heavy atom. The zero-order valence-corrected chi connectivity index (χ0v) is 18.7. The third-order valence-corrected chi connectivity index (χ3v) is 9.25. The van der Waals surface area contributed by atoms with Gasteiger partial charge in [0.2, 0.25) is 0 Å². The van der Waals surface area contributed by atoms with E-state index in [4.69, 9.17) is 4.74 Å². The van der Waals surface area contributed by atoms with Crippen molar-refractivity contribution in [2.75, 3.05) is 6.61 Å². The van der Waals surface area contributed by atoms with Crippen molar-refractivity contribution in [3.63, 3.8) is 0 Å². The Hall–Kier alpha value is -1.91. The van der Waals surface area contributed by atoms with E-state index in [-0.39, 0.29) is 16.8 Å². The van der Waals surface area contributed by atoms with Gasteiger partial charge in [-0.3, -0.25) is 9.59 Å². The van der Waals surface area contributed by atoms with Gasteiger partial charge in [-0.15, -0.1) is 0 Å². The Morgan fingerprint density at radius 1 is 0.969 bits per heavy atom. The molecule has 1 aromatic carbocycles. The van der Waals surface area contributed by atoms with Gasteiger partial charge in [-0.1, -0.05) is 6.42 Å². The van der Waals surface area contributed by atoms with Crippen LogP contribution in [0.2, 0.25) is 0 Å². The molecule has 7 rings (SSSR count). The zero-order chi connectivity index (χ0) is 22.0. The summed E-state index contributed by atoms with van der Waals surface area (Å²) in [6, 6.07) is 3.12. The number of benzene rings is 1. The molecule has 0 aliphatic heterocycles. The van der Waals surface area contributed by atoms with Crippen LogP contribution >= 0.6 is 0 Å². The summed E-state index contributed by atoms with van der Waals surface area (Å²) in [5.41, 5.74) is 1.26. The molecule has 0 amide bonds. The number of carbonyl (C=O) groups excluding carboxylic acids is 1. The van der Waals surface area contributed by atoms with Crippen LogP contribution in [0.4, 0.5) is 4.39 Å². The second kappa shape index (κ2) is 7.56. The van der Waals surface area contributed by atoms with E-state index in [1.165, 1.54) is 44.6 Å². The van der Waals surface area contributed by atoms with E-state index < -0.39 is 23.6 Å². The molecule has 0 spiro atoms. The highest BCUT2D eigenvalue weighted by Gasteiger charge is 2.51. The lowest BCUT2D eigenvalue weighted by molar-refractivity contribution is -0.142. The number of aliphatic carboxylic acids is 1. The van der Waals surface area contributed by atoms with Gasteiger partial charge in [-0.25, -0.2) is 4.39 Å². The maximum absolute atomic E-state index is 15.2. The first-order valence-corrected chi connectivity index (χ1v) is 12.6. The summed E-state index contributed by atoms with van der Waals surface area (Å²) in [5, 5.41) is 9.47. The lowest BCUT2D eigenvalue weighted by atomic mass is 9.50. The molecule has 1 N–H and O–H groups in total. The van der Waals surface area contributed by atoms with Crippen molar-refractivity contribution < 1.29 is 23.8 Å². The predicted molar refractivity (Wildman–Crippen MR) is 117 cm³/mol. The van der Waals surface area contributed by atoms with Crippen molar-refractivity contribution in [2.24, 2.45) is 35.0 Å². The number of rotatable bonds is 7. The van der Waals surface area contributed by atoms with Crippen LogP contribution in [-0.4, -0.2) is 23.5 Å². The maximum Gasteiger partial charge on any atom is 0.307 e. The minimum Gasteiger partial charge on any atom is -0.493 e. The monoisotopic (exact) mass is 440 g/mol. The Morgan fingerprint density at radius 3 is 2.19 bits per heavy atom. The Kier molecular flexibility index (Phi) is 4.89. The number of Topliss-reactive ketones (excluding diaryl/α,β-unsaturated/α-hetero) is 1. The third kappa shape index (κ3) is 3.56. The molecule has 0 heterocycles. The minimum absolute atomic E-state index is 0.0622. The van der Waals surface area contributed by atoms with Crippen molar-refractivity contribution in [3.8, 4) is 5.75 Å². The highest BCUT2D eigenvalue weighted by Crippen LogP contribution is 2.60. The van der Waals surface area contributed by atoms with E-state index in [0.717, 1.165) is 36.2 Å². The fraction of sp³-hybridized carbons (Fsp3) is 0.704. The molecule has 5 heteroatoms. The summed E-state index contributed by atoms with van der Waals surface area (Å²) in [7, 11) is 0. The topological polar surface area (TPSA) is 63.6 Å². The lowest BCUT2D eigenvalue weighted by Gasteiger charge is -2.56. The van der Waals surface area contributed by atoms with E-state index in [9.17, 15) is 14.7 Å². The molecule has 32 heavy (non-hydrogen) atoms. The van der Waals surface area contributed by atoms with Crippen LogP contribution in [0.15, 0.2) is 12.1 Å². The number of carboxylic acid groups (broad SMARTS) is 1. The predicted octanol–water partition coefficient (Wildman–Crippen LogP) is 5.98. The molecule has 6 fully saturated rings. The molecule has 4 nitrogen and oxygen atoms in total. The number of ketones is 1. The van der Waals surface area contributed by atoms with Gasteiger partial charge in [0.05, 0.1) is 18.1 Å². The molecule has 2 atom stereocenters. The van der Waals surface area contributed by atoms with Gasteiger partial charge in [-0.05, 0) is 99.5 Å². The van der Waals surface area contributed by atoms with Crippen molar-refractivity contribution in [3.05, 3.63) is 29.1 Å². The summed E-state index contributed by atoms with van der Waals surface area (Å²) in [4.78, 5) is 24.7. The van der Waals surface area contributed by atoms with Crippen LogP contribution in [0.5, 0.6) is 5.75 Å². The van der Waals surface area contributed by atoms with Gasteiger partial charge in [0.1, 0.15) is 11.6 Å². The van der Waals surface area contributed by atoms with Gasteiger partial charge in [0.15, 0.2) is 5.78 Å². The number of carbonyl (C=O) groups is 2. The van der Waals surface area contributed by atoms with E-state index in [1.54, 1.807) is 6.07 Å². The molecule has 0 radical (unpaired) electrons. The van der Waals surface area contributed by atoms with Gasteiger partial charge < -0.3 is 9.84 Å². The molecular formula is C27H33FO4. The van der Waals surface area contributed by atoms with Gasteiger partial charge >= 0.3 is 5.97 Å². The van der Waals surface area contributed by atoms with Crippen molar-refractivity contribution >= 4 is 11.8 Å². The molecular weight excluding hydrogens is 407 g/mol. The normalized spacial score (nSPS) is 37.6. The van der Waals surface area contributed by atoms with Gasteiger partial charge in [0, 0.05) is 17.4 Å². The molecule has 0 aromatic heterocycles. The van der Waals surface area contributed by atoms with Crippen LogP contribution in [-0.2, 0) is 4.79 Å². The summed E-state index contributed by atoms with van der Waals surface area (Å²) < 4.78 is 21.6. The smallest absolute Gasteiger partial charge is 0.307 e. The number of hydrogen-bond acceptors (Lipinski definition) is 3. The number of halogens is 1. The summed E-state index contributed by atoms with van der Waals surface area (Å²) >= 11 is 0. The molecule has 1 aromatic rings. The largest absolute Gasteiger partial charge is 0.493 e. The molecule has 0 unspecified atom stereocenters. The first-order chi connectivity index (χ1) is 15.4. The highest BCUT2D eigenvalue weighted by atomic mass is 19.1. The van der Waals surface area contributed by atoms with Crippen LogP contribution in [0.25, 0.3) is 0 Å². The van der Waals surface area contributed by atoms with Crippen LogP contribution < -0.4 is 4.74 Å². The molecule has 6 saturated carbocycles. The molecule has 0 saturated heterocycles. The quantitative estimate of drug-likeness (QED) is 0.530. The number of ether oxygens (including phenoxy) is 1. The fourth-order valence-electron chi connectivity index (χ4n) is 8.07. The second-order valence-electron chi connectivity index (χ2n) is 11.7. The maximum atomic E-state index is 15.2. The Bertz CT molecular complexity index is 914. The molecule has 6 aliphatic rings. The van der Waals surface area contributed by atoms with E-state index in [0.29, 0.717) is 37.5 Å². The van der Waals surface area contributed by atoms with Gasteiger partial charge in [-0.2, -0.15) is 0 Å². The van der Waals surface area contributed by atoms with Gasteiger partial charge in [0.25, 0.3) is 0 Å². The summed E-state index contributed by atoms with van der Waals surface area (Å²) in [5.74, 6) is 0.309. The number of carboxylic acids is 1. The van der Waals surface area contributed by atoms with Crippen LogP contribution in [0, 0.1) is 40.8 Å². The van der Waals surface area contributed by atoms with Crippen molar-refractivity contribution in [1.82, 2.24) is 0 Å². The third-order valence-electron chi connectivity index (χ3n) is 9.25. The minimum atomic E-state index is -0.945. The van der Waals surface area contributed by atoms with Crippen LogP contribution in [0.1, 0.15) is 92.5 Å². The summed E-state index contributed by atoms with van der Waals surface area (Å²) in [6.07, 6.45) is 11.7. The molecule has 6 aliphatic carbocycles. The van der Waals surface area contributed by atoms with Crippen molar-refractivity contribution in [2.45, 2.75) is 76.5 Å². The first kappa shape index (κ1) is 20.7. The number of hydrogen-bond donors (Lipinski definition) is 1. The van der Waals surface area contributed by atoms with E-state index in [2.05, 4.69) is 0 Å². The average molecular weight is 441 g/mol. The first-order valence-electron chi connectivity index (χ1n) is 12.6. The van der Waals surface area contributed by atoms with E-state index in [1.807, 2.05) is 0 Å². The Balaban J connectivity index is 1.24. The molecule has 172 valence electrons. The highest BCUT2D eigenvalue weighted by molar-refractivity contribution is 6.00.